The minimum Gasteiger partial charge on any atom is -0.360 e. The van der Waals surface area contributed by atoms with Crippen molar-refractivity contribution < 1.29 is 14.3 Å². The van der Waals surface area contributed by atoms with Gasteiger partial charge in [-0.25, -0.2) is 9.67 Å². The number of alkyl halides is 2. The van der Waals surface area contributed by atoms with Crippen LogP contribution in [0.1, 0.15) is 42.1 Å². The van der Waals surface area contributed by atoms with Crippen molar-refractivity contribution in [2.45, 2.75) is 76.4 Å². The molecule has 3 aromatic rings. The Balaban J connectivity index is 1.80. The fraction of sp³-hybridized carbons (Fsp3) is 0.519. The molecule has 2 N–H and O–H groups in total. The number of carbonyl (C=O) groups excluding carboxylic acids is 2. The Bertz CT molecular complexity index is 1410. The van der Waals surface area contributed by atoms with Crippen LogP contribution in [0.3, 0.4) is 0 Å². The van der Waals surface area contributed by atoms with Crippen molar-refractivity contribution in [3.05, 3.63) is 46.6 Å². The molecule has 14 heteroatoms. The molecule has 0 aliphatic heterocycles. The summed E-state index contributed by atoms with van der Waals surface area (Å²) in [5, 5.41) is 14.3. The summed E-state index contributed by atoms with van der Waals surface area (Å²) in [6.45, 7) is 14.9. The molecule has 3 rings (SSSR count). The highest BCUT2D eigenvalue weighted by molar-refractivity contribution is 6.76. The number of aromatic nitrogens is 5. The molecule has 0 radical (unpaired) electrons. The molecule has 0 spiro atoms. The molecule has 0 saturated heterocycles. The second kappa shape index (κ2) is 12.8. The van der Waals surface area contributed by atoms with Crippen molar-refractivity contribution in [2.24, 2.45) is 7.05 Å². The third-order valence-electron chi connectivity index (χ3n) is 6.56. The van der Waals surface area contributed by atoms with Crippen LogP contribution in [-0.4, -0.2) is 60.9 Å². The molecule has 0 saturated carbocycles. The smallest absolute Gasteiger partial charge is 0.270 e. The van der Waals surface area contributed by atoms with Crippen molar-refractivity contribution >= 4 is 60.5 Å². The number of carbonyl (C=O) groups is 2. The van der Waals surface area contributed by atoms with E-state index in [-0.39, 0.29) is 23.1 Å². The molecular weight excluding hydrogens is 605 g/mol. The van der Waals surface area contributed by atoms with E-state index in [2.05, 4.69) is 45.5 Å². The summed E-state index contributed by atoms with van der Waals surface area (Å²) >= 11 is 19.2. The Morgan fingerprint density at radius 2 is 1.80 bits per heavy atom. The summed E-state index contributed by atoms with van der Waals surface area (Å²) in [6.07, 6.45) is 1.41. The van der Waals surface area contributed by atoms with Crippen molar-refractivity contribution in [3.8, 4) is 11.1 Å². The molecule has 0 bridgehead atoms. The van der Waals surface area contributed by atoms with Gasteiger partial charge in [0.25, 0.3) is 11.8 Å². The molecule has 3 aromatic heterocycles. The van der Waals surface area contributed by atoms with Gasteiger partial charge in [0, 0.05) is 51.2 Å². The Morgan fingerprint density at radius 3 is 2.37 bits per heavy atom. The number of nitrogens with one attached hydrogen (secondary N) is 2. The van der Waals surface area contributed by atoms with Crippen LogP contribution in [0.4, 0.5) is 5.82 Å². The lowest BCUT2D eigenvalue weighted by molar-refractivity contribution is -0.121. The number of ether oxygens (including phenoxy) is 1. The molecule has 1 atom stereocenters. The highest BCUT2D eigenvalue weighted by atomic mass is 35.5. The molecule has 10 nitrogen and oxygen atoms in total. The number of aryl methyl sites for hydroxylation is 2. The zero-order valence-corrected chi connectivity index (χ0v) is 28.0. The molecule has 2 amide bonds. The SMILES string of the molecule is Cc1nn(COCC[Si](C)(C)C)c(C)c1-c1ccc(NC(=O)[C@](C)(CC(C)(Cl)Cl)NC(=O)c2ccnn2C)nc1Cl. The zero-order valence-electron chi connectivity index (χ0n) is 24.7. The molecule has 0 fully saturated rings. The Morgan fingerprint density at radius 1 is 1.12 bits per heavy atom. The average Bonchev–Trinajstić information content (AvgIpc) is 3.37. The van der Waals surface area contributed by atoms with Crippen molar-refractivity contribution in [3.63, 3.8) is 0 Å². The maximum absolute atomic E-state index is 13.5. The lowest BCUT2D eigenvalue weighted by atomic mass is 9.94. The first kappa shape index (κ1) is 33.1. The lowest BCUT2D eigenvalue weighted by Crippen LogP contribution is -2.57. The number of anilines is 1. The Hall–Kier alpha value is -2.44. The maximum Gasteiger partial charge on any atom is 0.270 e. The van der Waals surface area contributed by atoms with Crippen LogP contribution < -0.4 is 10.6 Å². The van der Waals surface area contributed by atoms with E-state index in [9.17, 15) is 9.59 Å². The first-order valence-corrected chi connectivity index (χ1v) is 18.0. The fourth-order valence-corrected chi connectivity index (χ4v) is 5.94. The van der Waals surface area contributed by atoms with E-state index in [0.717, 1.165) is 23.0 Å². The van der Waals surface area contributed by atoms with Crippen molar-refractivity contribution in [1.29, 1.82) is 0 Å². The van der Waals surface area contributed by atoms with E-state index in [1.165, 1.54) is 10.9 Å². The second-order valence-corrected chi connectivity index (χ2v) is 19.6. The van der Waals surface area contributed by atoms with Gasteiger partial charge in [0.05, 0.1) is 5.69 Å². The molecule has 0 unspecified atom stereocenters. The molecule has 0 aliphatic carbocycles. The normalized spacial score (nSPS) is 13.6. The standard InChI is InChI=1S/C27H38Cl3N7O3Si/c1-17-22(18(2)37(35-17)16-40-13-14-41(6,7)8)19-9-10-21(32-23(19)28)33-25(39)26(3,15-27(4,29)30)34-24(38)20-11-12-31-36(20)5/h9-12H,13-16H2,1-8H3,(H,34,38)(H,32,33,39)/t26-/m0/s1. The first-order chi connectivity index (χ1) is 18.9. The van der Waals surface area contributed by atoms with Crippen LogP contribution in [0.15, 0.2) is 24.4 Å². The van der Waals surface area contributed by atoms with E-state index < -0.39 is 29.8 Å². The van der Waals surface area contributed by atoms with E-state index in [1.54, 1.807) is 39.1 Å². The van der Waals surface area contributed by atoms with Gasteiger partial charge in [-0.3, -0.25) is 14.3 Å². The molecular formula is C27H38Cl3N7O3Si. The minimum absolute atomic E-state index is 0.0814. The van der Waals surface area contributed by atoms with E-state index in [1.807, 2.05) is 18.5 Å². The van der Waals surface area contributed by atoms with Gasteiger partial charge in [-0.05, 0) is 51.9 Å². The topological polar surface area (TPSA) is 116 Å². The fourth-order valence-electron chi connectivity index (χ4n) is 4.40. The predicted octanol–water partition coefficient (Wildman–Crippen LogP) is 5.97. The number of hydrogen-bond donors (Lipinski definition) is 2. The van der Waals surface area contributed by atoms with Gasteiger partial charge >= 0.3 is 0 Å². The maximum atomic E-state index is 13.5. The van der Waals surface area contributed by atoms with E-state index in [0.29, 0.717) is 18.9 Å². The summed E-state index contributed by atoms with van der Waals surface area (Å²) in [6, 6.07) is 6.03. The molecule has 0 aliphatic rings. The van der Waals surface area contributed by atoms with Gasteiger partial charge in [-0.2, -0.15) is 10.2 Å². The van der Waals surface area contributed by atoms with Gasteiger partial charge in [0.15, 0.2) is 0 Å². The van der Waals surface area contributed by atoms with Crippen LogP contribution in [0.2, 0.25) is 30.8 Å². The van der Waals surface area contributed by atoms with Crippen LogP contribution in [0.25, 0.3) is 11.1 Å². The second-order valence-electron chi connectivity index (χ2n) is 11.8. The van der Waals surface area contributed by atoms with Crippen LogP contribution in [-0.2, 0) is 23.3 Å². The molecule has 41 heavy (non-hydrogen) atoms. The van der Waals surface area contributed by atoms with Crippen LogP contribution in [0, 0.1) is 13.8 Å². The van der Waals surface area contributed by atoms with Crippen molar-refractivity contribution in [2.75, 3.05) is 11.9 Å². The Kier molecular flexibility index (Phi) is 10.3. The monoisotopic (exact) mass is 641 g/mol. The number of nitrogens with zero attached hydrogens (tertiary/aromatic N) is 5. The van der Waals surface area contributed by atoms with Gasteiger partial charge in [-0.15, -0.1) is 23.2 Å². The average molecular weight is 643 g/mol. The molecule has 224 valence electrons. The summed E-state index contributed by atoms with van der Waals surface area (Å²) in [7, 11) is 0.440. The van der Waals surface area contributed by atoms with Gasteiger partial charge in [-0.1, -0.05) is 31.2 Å². The Labute approximate surface area is 257 Å². The largest absolute Gasteiger partial charge is 0.360 e. The molecule has 3 heterocycles. The van der Waals surface area contributed by atoms with Gasteiger partial charge in [0.1, 0.15) is 33.3 Å². The number of halogens is 3. The lowest BCUT2D eigenvalue weighted by Gasteiger charge is -2.33. The third kappa shape index (κ3) is 8.78. The van der Waals surface area contributed by atoms with Crippen LogP contribution >= 0.6 is 34.8 Å². The highest BCUT2D eigenvalue weighted by Crippen LogP contribution is 2.34. The predicted molar refractivity (Wildman–Crippen MR) is 166 cm³/mol. The quantitative estimate of drug-likeness (QED) is 0.109. The van der Waals surface area contributed by atoms with E-state index in [4.69, 9.17) is 39.5 Å². The number of amides is 2. The number of rotatable bonds is 12. The minimum atomic E-state index is -1.49. The van der Waals surface area contributed by atoms with Gasteiger partial charge in [0.2, 0.25) is 0 Å². The number of hydrogen-bond acceptors (Lipinski definition) is 6. The summed E-state index contributed by atoms with van der Waals surface area (Å²) in [5.74, 6) is -0.866. The highest BCUT2D eigenvalue weighted by Gasteiger charge is 2.41. The first-order valence-electron chi connectivity index (χ1n) is 13.2. The molecule has 0 aromatic carbocycles. The zero-order chi connectivity index (χ0) is 30.8. The summed E-state index contributed by atoms with van der Waals surface area (Å²) in [5.41, 5.74) is 1.98. The summed E-state index contributed by atoms with van der Waals surface area (Å²) < 4.78 is 7.79. The van der Waals surface area contributed by atoms with E-state index >= 15 is 0 Å². The van der Waals surface area contributed by atoms with Gasteiger partial charge < -0.3 is 15.4 Å². The van der Waals surface area contributed by atoms with Crippen molar-refractivity contribution in [1.82, 2.24) is 29.9 Å². The van der Waals surface area contributed by atoms with Crippen LogP contribution in [0.5, 0.6) is 0 Å². The third-order valence-corrected chi connectivity index (χ3v) is 8.82. The summed E-state index contributed by atoms with van der Waals surface area (Å²) in [4.78, 5) is 30.9. The number of pyridine rings is 1.